The van der Waals surface area contributed by atoms with Crippen molar-refractivity contribution in [1.29, 1.82) is 0 Å². The number of hydrogen-bond donors (Lipinski definition) is 1. The lowest BCUT2D eigenvalue weighted by Gasteiger charge is -2.34. The van der Waals surface area contributed by atoms with E-state index in [-0.39, 0.29) is 37.4 Å². The average Bonchev–Trinajstić information content (AvgIpc) is 2.87. The second kappa shape index (κ2) is 11.5. The third-order valence-corrected chi connectivity index (χ3v) is 7.07. The summed E-state index contributed by atoms with van der Waals surface area (Å²) in [5.41, 5.74) is 2.85. The monoisotopic (exact) mass is 492 g/mol. The molecule has 1 aliphatic carbocycles. The van der Waals surface area contributed by atoms with Gasteiger partial charge < -0.3 is 15.0 Å². The van der Waals surface area contributed by atoms with Crippen molar-refractivity contribution < 1.29 is 23.5 Å². The SMILES string of the molecule is CCOC(=O)C1=C(C)N(Cc2ccc(C(=O)NC3CCCCC3)cc2)C(=O)CC1c1cccc(F)c1. The molecule has 1 saturated carbocycles. The molecule has 6 nitrogen and oxygen atoms in total. The summed E-state index contributed by atoms with van der Waals surface area (Å²) in [5, 5.41) is 3.12. The van der Waals surface area contributed by atoms with Crippen molar-refractivity contribution in [2.75, 3.05) is 6.61 Å². The highest BCUT2D eigenvalue weighted by atomic mass is 19.1. The van der Waals surface area contributed by atoms with Crippen molar-refractivity contribution in [1.82, 2.24) is 10.2 Å². The zero-order chi connectivity index (χ0) is 25.7. The summed E-state index contributed by atoms with van der Waals surface area (Å²) < 4.78 is 19.2. The molecular formula is C29H33FN2O4. The highest BCUT2D eigenvalue weighted by Crippen LogP contribution is 2.38. The topological polar surface area (TPSA) is 75.7 Å². The lowest BCUT2D eigenvalue weighted by Crippen LogP contribution is -2.38. The Morgan fingerprint density at radius 1 is 1.08 bits per heavy atom. The maximum atomic E-state index is 13.9. The number of halogens is 1. The molecule has 1 N–H and O–H groups in total. The van der Waals surface area contributed by atoms with E-state index in [4.69, 9.17) is 4.74 Å². The Hall–Kier alpha value is -3.48. The van der Waals surface area contributed by atoms with Gasteiger partial charge in [-0.15, -0.1) is 0 Å². The number of allylic oxidation sites excluding steroid dienone is 1. The van der Waals surface area contributed by atoms with Gasteiger partial charge in [-0.1, -0.05) is 43.5 Å². The van der Waals surface area contributed by atoms with E-state index in [0.29, 0.717) is 22.4 Å². The quantitative estimate of drug-likeness (QED) is 0.537. The Labute approximate surface area is 211 Å². The Morgan fingerprint density at radius 3 is 2.47 bits per heavy atom. The molecule has 0 radical (unpaired) electrons. The Morgan fingerprint density at radius 2 is 1.81 bits per heavy atom. The predicted molar refractivity (Wildman–Crippen MR) is 134 cm³/mol. The molecule has 0 saturated heterocycles. The molecule has 2 amide bonds. The third-order valence-electron chi connectivity index (χ3n) is 7.07. The third kappa shape index (κ3) is 5.83. The summed E-state index contributed by atoms with van der Waals surface area (Å²) in [6, 6.07) is 13.4. The van der Waals surface area contributed by atoms with Crippen LogP contribution in [0.5, 0.6) is 0 Å². The summed E-state index contributed by atoms with van der Waals surface area (Å²) in [6.45, 7) is 3.90. The number of hydrogen-bond acceptors (Lipinski definition) is 4. The highest BCUT2D eigenvalue weighted by Gasteiger charge is 2.37. The molecule has 2 aliphatic rings. The number of rotatable bonds is 7. The molecule has 1 aliphatic heterocycles. The van der Waals surface area contributed by atoms with Gasteiger partial charge in [0.1, 0.15) is 5.82 Å². The number of nitrogens with zero attached hydrogens (tertiary/aromatic N) is 1. The number of nitrogens with one attached hydrogen (secondary N) is 1. The fourth-order valence-electron chi connectivity index (χ4n) is 5.14. The molecule has 2 aromatic carbocycles. The molecule has 0 bridgehead atoms. The summed E-state index contributed by atoms with van der Waals surface area (Å²) >= 11 is 0. The summed E-state index contributed by atoms with van der Waals surface area (Å²) in [6.07, 6.45) is 5.60. The van der Waals surface area contributed by atoms with Gasteiger partial charge in [-0.25, -0.2) is 9.18 Å². The van der Waals surface area contributed by atoms with Crippen molar-refractivity contribution in [3.63, 3.8) is 0 Å². The molecule has 2 aromatic rings. The largest absolute Gasteiger partial charge is 0.463 e. The van der Waals surface area contributed by atoms with Gasteiger partial charge in [0.05, 0.1) is 18.7 Å². The second-order valence-corrected chi connectivity index (χ2v) is 9.52. The zero-order valence-electron chi connectivity index (χ0n) is 20.9. The minimum absolute atomic E-state index is 0.0385. The zero-order valence-corrected chi connectivity index (χ0v) is 20.9. The normalized spacial score (nSPS) is 18.8. The van der Waals surface area contributed by atoms with Crippen molar-refractivity contribution in [2.45, 2.75) is 70.9 Å². The number of benzene rings is 2. The first-order valence-corrected chi connectivity index (χ1v) is 12.7. The van der Waals surface area contributed by atoms with Crippen molar-refractivity contribution in [2.24, 2.45) is 0 Å². The van der Waals surface area contributed by atoms with Gasteiger partial charge in [0, 0.05) is 29.6 Å². The van der Waals surface area contributed by atoms with Crippen LogP contribution in [0.25, 0.3) is 0 Å². The van der Waals surface area contributed by atoms with E-state index in [1.54, 1.807) is 43.0 Å². The molecule has 0 spiro atoms. The van der Waals surface area contributed by atoms with Crippen LogP contribution in [0.2, 0.25) is 0 Å². The second-order valence-electron chi connectivity index (χ2n) is 9.52. The number of carbonyl (C=O) groups is 3. The van der Waals surface area contributed by atoms with E-state index >= 15 is 0 Å². The summed E-state index contributed by atoms with van der Waals surface area (Å²) in [5.74, 6) is -1.74. The molecule has 4 rings (SSSR count). The first-order valence-electron chi connectivity index (χ1n) is 12.7. The average molecular weight is 493 g/mol. The Bertz CT molecular complexity index is 1150. The maximum Gasteiger partial charge on any atom is 0.336 e. The van der Waals surface area contributed by atoms with E-state index in [1.807, 2.05) is 12.1 Å². The molecular weight excluding hydrogens is 459 g/mol. The Kier molecular flexibility index (Phi) is 8.18. The van der Waals surface area contributed by atoms with Gasteiger partial charge in [0.25, 0.3) is 5.91 Å². The van der Waals surface area contributed by atoms with Crippen LogP contribution in [-0.4, -0.2) is 35.3 Å². The van der Waals surface area contributed by atoms with Gasteiger partial charge in [0.2, 0.25) is 5.91 Å². The summed E-state index contributed by atoms with van der Waals surface area (Å²) in [7, 11) is 0. The van der Waals surface area contributed by atoms with Gasteiger partial charge >= 0.3 is 5.97 Å². The minimum atomic E-state index is -0.575. The molecule has 1 heterocycles. The molecule has 7 heteroatoms. The maximum absolute atomic E-state index is 13.9. The van der Waals surface area contributed by atoms with Crippen LogP contribution >= 0.6 is 0 Å². The van der Waals surface area contributed by atoms with Crippen LogP contribution < -0.4 is 5.32 Å². The fraction of sp³-hybridized carbons (Fsp3) is 0.414. The van der Waals surface area contributed by atoms with E-state index in [0.717, 1.165) is 31.2 Å². The van der Waals surface area contributed by atoms with Crippen LogP contribution in [0.4, 0.5) is 4.39 Å². The number of carbonyl (C=O) groups excluding carboxylic acids is 3. The van der Waals surface area contributed by atoms with Crippen molar-refractivity contribution in [3.8, 4) is 0 Å². The number of amides is 2. The molecule has 1 atom stereocenters. The molecule has 1 fully saturated rings. The van der Waals surface area contributed by atoms with E-state index in [2.05, 4.69) is 5.32 Å². The standard InChI is InChI=1S/C29H33FN2O4/c1-3-36-29(35)27-19(2)32(26(33)17-25(27)22-8-7-9-23(30)16-22)18-20-12-14-21(15-13-20)28(34)31-24-10-5-4-6-11-24/h7-9,12-16,24-25H,3-6,10-11,17-18H2,1-2H3,(H,31,34). The molecule has 36 heavy (non-hydrogen) atoms. The fourth-order valence-corrected chi connectivity index (χ4v) is 5.14. The van der Waals surface area contributed by atoms with E-state index in [9.17, 15) is 18.8 Å². The van der Waals surface area contributed by atoms with E-state index in [1.165, 1.54) is 18.6 Å². The minimum Gasteiger partial charge on any atom is -0.463 e. The first-order chi connectivity index (χ1) is 17.4. The van der Waals surface area contributed by atoms with E-state index < -0.39 is 17.7 Å². The smallest absolute Gasteiger partial charge is 0.336 e. The highest BCUT2D eigenvalue weighted by molar-refractivity contribution is 5.96. The lowest BCUT2D eigenvalue weighted by molar-refractivity contribution is -0.140. The van der Waals surface area contributed by atoms with Gasteiger partial charge in [0.15, 0.2) is 0 Å². The van der Waals surface area contributed by atoms with Crippen LogP contribution in [0, 0.1) is 5.82 Å². The first kappa shape index (κ1) is 25.6. The Balaban J connectivity index is 1.54. The molecule has 190 valence electrons. The number of ether oxygens (including phenoxy) is 1. The lowest BCUT2D eigenvalue weighted by atomic mass is 9.83. The van der Waals surface area contributed by atoms with Crippen molar-refractivity contribution in [3.05, 3.63) is 82.3 Å². The predicted octanol–water partition coefficient (Wildman–Crippen LogP) is 5.24. The van der Waals surface area contributed by atoms with Crippen LogP contribution in [0.1, 0.15) is 79.8 Å². The number of esters is 1. The molecule has 0 aromatic heterocycles. The van der Waals surface area contributed by atoms with Crippen LogP contribution in [0.3, 0.4) is 0 Å². The van der Waals surface area contributed by atoms with Crippen LogP contribution in [-0.2, 0) is 20.9 Å². The van der Waals surface area contributed by atoms with Gasteiger partial charge in [-0.2, -0.15) is 0 Å². The van der Waals surface area contributed by atoms with Crippen molar-refractivity contribution >= 4 is 17.8 Å². The molecule has 1 unspecified atom stereocenters. The van der Waals surface area contributed by atoms with Gasteiger partial charge in [-0.3, -0.25) is 9.59 Å². The van der Waals surface area contributed by atoms with Crippen LogP contribution in [0.15, 0.2) is 59.8 Å². The summed E-state index contributed by atoms with van der Waals surface area (Å²) in [4.78, 5) is 40.3. The van der Waals surface area contributed by atoms with Gasteiger partial charge in [-0.05, 0) is 62.1 Å².